The number of aromatic nitrogens is 2. The van der Waals surface area contributed by atoms with Gasteiger partial charge in [0.25, 0.3) is 5.22 Å². The monoisotopic (exact) mass is 379 g/mol. The summed E-state index contributed by atoms with van der Waals surface area (Å²) in [5.74, 6) is 0.590. The van der Waals surface area contributed by atoms with Crippen molar-refractivity contribution in [2.75, 3.05) is 6.54 Å². The highest BCUT2D eigenvalue weighted by Gasteiger charge is 2.26. The molecule has 0 saturated carbocycles. The smallest absolute Gasteiger partial charge is 0.277 e. The molecule has 2 heterocycles. The standard InChI is InChI=1S/C21H21N3O2S/c1-14-7-3-6-10-18(14)19-22-23-21(26-19)27-15(2)20(25)24-12-11-16-8-4-5-9-17(16)13-24/h3-10,15H,11-13H2,1-2H3. The van der Waals surface area contributed by atoms with Gasteiger partial charge in [-0.2, -0.15) is 0 Å². The van der Waals surface area contributed by atoms with E-state index in [-0.39, 0.29) is 11.2 Å². The summed E-state index contributed by atoms with van der Waals surface area (Å²) in [6.45, 7) is 5.31. The van der Waals surface area contributed by atoms with Crippen LogP contribution in [0, 0.1) is 6.92 Å². The third-order valence-electron chi connectivity index (χ3n) is 4.85. The summed E-state index contributed by atoms with van der Waals surface area (Å²) in [5, 5.41) is 8.40. The molecule has 4 rings (SSSR count). The second-order valence-electron chi connectivity index (χ2n) is 6.73. The Bertz CT molecular complexity index is 969. The van der Waals surface area contributed by atoms with Gasteiger partial charge in [-0.1, -0.05) is 54.2 Å². The van der Waals surface area contributed by atoms with Crippen molar-refractivity contribution in [3.63, 3.8) is 0 Å². The number of carbonyl (C=O) groups is 1. The number of amides is 1. The van der Waals surface area contributed by atoms with Gasteiger partial charge in [-0.15, -0.1) is 10.2 Å². The van der Waals surface area contributed by atoms with Gasteiger partial charge < -0.3 is 9.32 Å². The van der Waals surface area contributed by atoms with Gasteiger partial charge in [-0.3, -0.25) is 4.79 Å². The van der Waals surface area contributed by atoms with Crippen molar-refractivity contribution in [1.29, 1.82) is 0 Å². The third kappa shape index (κ3) is 3.76. The molecule has 1 amide bonds. The lowest BCUT2D eigenvalue weighted by atomic mass is 10.00. The molecule has 6 heteroatoms. The van der Waals surface area contributed by atoms with Gasteiger partial charge in [0.05, 0.1) is 5.25 Å². The Balaban J connectivity index is 1.43. The van der Waals surface area contributed by atoms with Gasteiger partial charge in [0.15, 0.2) is 0 Å². The number of nitrogens with zero attached hydrogens (tertiary/aromatic N) is 3. The van der Waals surface area contributed by atoms with E-state index in [0.29, 0.717) is 17.7 Å². The predicted molar refractivity (Wildman–Crippen MR) is 105 cm³/mol. The fourth-order valence-electron chi connectivity index (χ4n) is 3.32. The summed E-state index contributed by atoms with van der Waals surface area (Å²) in [7, 11) is 0. The molecule has 0 aliphatic carbocycles. The highest BCUT2D eigenvalue weighted by atomic mass is 32.2. The Morgan fingerprint density at radius 2 is 1.85 bits per heavy atom. The average Bonchev–Trinajstić information content (AvgIpc) is 3.15. The van der Waals surface area contributed by atoms with Crippen molar-refractivity contribution in [3.8, 4) is 11.5 Å². The first-order valence-corrected chi connectivity index (χ1v) is 9.91. The van der Waals surface area contributed by atoms with E-state index < -0.39 is 0 Å². The van der Waals surface area contributed by atoms with Crippen LogP contribution in [0.25, 0.3) is 11.5 Å². The van der Waals surface area contributed by atoms with Crippen LogP contribution in [-0.4, -0.2) is 32.8 Å². The largest absolute Gasteiger partial charge is 0.411 e. The van der Waals surface area contributed by atoms with E-state index in [0.717, 1.165) is 24.1 Å². The number of hydrogen-bond acceptors (Lipinski definition) is 5. The molecule has 138 valence electrons. The number of hydrogen-bond donors (Lipinski definition) is 0. The summed E-state index contributed by atoms with van der Waals surface area (Å²) >= 11 is 1.32. The van der Waals surface area contributed by atoms with Crippen molar-refractivity contribution >= 4 is 17.7 Å². The molecule has 27 heavy (non-hydrogen) atoms. The van der Waals surface area contributed by atoms with Crippen LogP contribution < -0.4 is 0 Å². The van der Waals surface area contributed by atoms with Crippen LogP contribution in [0.3, 0.4) is 0 Å². The molecule has 0 N–H and O–H groups in total. The first kappa shape index (κ1) is 17.8. The van der Waals surface area contributed by atoms with E-state index in [2.05, 4.69) is 28.4 Å². The van der Waals surface area contributed by atoms with Crippen molar-refractivity contribution in [3.05, 3.63) is 65.2 Å². The molecule has 1 aromatic heterocycles. The molecule has 1 aliphatic heterocycles. The maximum Gasteiger partial charge on any atom is 0.277 e. The van der Waals surface area contributed by atoms with E-state index in [1.165, 1.54) is 22.9 Å². The maximum atomic E-state index is 12.9. The Morgan fingerprint density at radius 3 is 2.67 bits per heavy atom. The van der Waals surface area contributed by atoms with E-state index >= 15 is 0 Å². The minimum absolute atomic E-state index is 0.102. The molecule has 0 bridgehead atoms. The Morgan fingerprint density at radius 1 is 1.11 bits per heavy atom. The maximum absolute atomic E-state index is 12.9. The fraction of sp³-hybridized carbons (Fsp3) is 0.286. The topological polar surface area (TPSA) is 59.2 Å². The van der Waals surface area contributed by atoms with Gasteiger partial charge >= 0.3 is 0 Å². The third-order valence-corrected chi connectivity index (χ3v) is 5.77. The molecule has 0 radical (unpaired) electrons. The van der Waals surface area contributed by atoms with Crippen molar-refractivity contribution < 1.29 is 9.21 Å². The molecule has 2 aromatic carbocycles. The van der Waals surface area contributed by atoms with E-state index in [4.69, 9.17) is 4.42 Å². The average molecular weight is 379 g/mol. The van der Waals surface area contributed by atoms with Crippen LogP contribution >= 0.6 is 11.8 Å². The lowest BCUT2D eigenvalue weighted by Crippen LogP contribution is -2.40. The Hall–Kier alpha value is -2.60. The molecule has 1 unspecified atom stereocenters. The summed E-state index contributed by atoms with van der Waals surface area (Å²) in [6.07, 6.45) is 0.900. The number of benzene rings is 2. The van der Waals surface area contributed by atoms with Crippen LogP contribution in [0.2, 0.25) is 0 Å². The summed E-state index contributed by atoms with van der Waals surface area (Å²) < 4.78 is 5.78. The number of fused-ring (bicyclic) bond motifs is 1. The Kier molecular flexibility index (Phi) is 4.99. The highest BCUT2D eigenvalue weighted by Crippen LogP contribution is 2.29. The van der Waals surface area contributed by atoms with Crippen LogP contribution in [-0.2, 0) is 17.8 Å². The van der Waals surface area contributed by atoms with E-state index in [1.807, 2.05) is 49.1 Å². The lowest BCUT2D eigenvalue weighted by Gasteiger charge is -2.30. The van der Waals surface area contributed by atoms with Crippen LogP contribution in [0.5, 0.6) is 0 Å². The molecule has 0 saturated heterocycles. The highest BCUT2D eigenvalue weighted by molar-refractivity contribution is 8.00. The number of rotatable bonds is 4. The molecule has 0 spiro atoms. The summed E-state index contributed by atoms with van der Waals surface area (Å²) in [6, 6.07) is 16.2. The zero-order chi connectivity index (χ0) is 18.8. The number of thioether (sulfide) groups is 1. The second kappa shape index (κ2) is 7.56. The first-order chi connectivity index (χ1) is 13.1. The fourth-order valence-corrected chi connectivity index (χ4v) is 4.09. The molecular formula is C21H21N3O2S. The van der Waals surface area contributed by atoms with Crippen molar-refractivity contribution in [1.82, 2.24) is 15.1 Å². The summed E-state index contributed by atoms with van der Waals surface area (Å²) in [4.78, 5) is 14.8. The predicted octanol–water partition coefficient (Wildman–Crippen LogP) is 4.11. The first-order valence-electron chi connectivity index (χ1n) is 9.03. The van der Waals surface area contributed by atoms with Gasteiger partial charge in [-0.25, -0.2) is 0 Å². The molecule has 5 nitrogen and oxygen atoms in total. The van der Waals surface area contributed by atoms with E-state index in [9.17, 15) is 4.79 Å². The number of carbonyl (C=O) groups excluding carboxylic acids is 1. The van der Waals surface area contributed by atoms with E-state index in [1.54, 1.807) is 0 Å². The van der Waals surface area contributed by atoms with Crippen LogP contribution in [0.4, 0.5) is 0 Å². The minimum Gasteiger partial charge on any atom is -0.411 e. The minimum atomic E-state index is -0.277. The molecule has 3 aromatic rings. The Labute approximate surface area is 162 Å². The lowest BCUT2D eigenvalue weighted by molar-refractivity contribution is -0.131. The second-order valence-corrected chi connectivity index (χ2v) is 8.02. The molecule has 0 fully saturated rings. The van der Waals surface area contributed by atoms with Gasteiger partial charge in [-0.05, 0) is 43.0 Å². The molecule has 1 atom stereocenters. The van der Waals surface area contributed by atoms with Gasteiger partial charge in [0, 0.05) is 18.7 Å². The van der Waals surface area contributed by atoms with Crippen molar-refractivity contribution in [2.24, 2.45) is 0 Å². The molecular weight excluding hydrogens is 358 g/mol. The van der Waals surface area contributed by atoms with Crippen molar-refractivity contribution in [2.45, 2.75) is 37.3 Å². The molecule has 1 aliphatic rings. The number of aryl methyl sites for hydroxylation is 1. The van der Waals surface area contributed by atoms with Crippen LogP contribution in [0.15, 0.2) is 58.2 Å². The quantitative estimate of drug-likeness (QED) is 0.639. The SMILES string of the molecule is Cc1ccccc1-c1nnc(SC(C)C(=O)N2CCc3ccccc3C2)o1. The summed E-state index contributed by atoms with van der Waals surface area (Å²) in [5.41, 5.74) is 4.56. The van der Waals surface area contributed by atoms with Crippen LogP contribution in [0.1, 0.15) is 23.6 Å². The van der Waals surface area contributed by atoms with Gasteiger partial charge in [0.2, 0.25) is 11.8 Å². The normalized spacial score (nSPS) is 14.7. The van der Waals surface area contributed by atoms with Gasteiger partial charge in [0.1, 0.15) is 0 Å². The zero-order valence-corrected chi connectivity index (χ0v) is 16.2. The zero-order valence-electron chi connectivity index (χ0n) is 15.4.